The molecule has 0 amide bonds. The van der Waals surface area contributed by atoms with Gasteiger partial charge in [0, 0.05) is 6.54 Å². The molecule has 14 heavy (non-hydrogen) atoms. The molecule has 1 aromatic carbocycles. The van der Waals surface area contributed by atoms with Crippen LogP contribution in [0.15, 0.2) is 24.3 Å². The van der Waals surface area contributed by atoms with E-state index < -0.39 is 0 Å². The quantitative estimate of drug-likeness (QED) is 0.815. The van der Waals surface area contributed by atoms with Crippen LogP contribution in [0.3, 0.4) is 0 Å². The van der Waals surface area contributed by atoms with Gasteiger partial charge in [-0.25, -0.2) is 0 Å². The molecule has 0 aliphatic carbocycles. The number of hydrogen-bond acceptors (Lipinski definition) is 3. The Morgan fingerprint density at radius 2 is 2.07 bits per heavy atom. The summed E-state index contributed by atoms with van der Waals surface area (Å²) in [6, 6.07) is 7.92. The highest BCUT2D eigenvalue weighted by Gasteiger charge is 2.15. The van der Waals surface area contributed by atoms with Crippen LogP contribution in [0.4, 0.5) is 0 Å². The lowest BCUT2D eigenvalue weighted by atomic mass is 10.2. The first-order chi connectivity index (χ1) is 6.40. The average molecular weight is 216 g/mol. The number of halogens is 1. The van der Waals surface area contributed by atoms with E-state index >= 15 is 0 Å². The number of ether oxygens (including phenoxy) is 2. The number of benzene rings is 1. The van der Waals surface area contributed by atoms with Crippen molar-refractivity contribution < 1.29 is 9.47 Å². The minimum Gasteiger partial charge on any atom is -0.497 e. The fraction of sp³-hybridized carbons (Fsp3) is 0.400. The lowest BCUT2D eigenvalue weighted by molar-refractivity contribution is 0.102. The van der Waals surface area contributed by atoms with Crippen LogP contribution in [-0.4, -0.2) is 20.3 Å². The topological polar surface area (TPSA) is 30.5 Å². The summed E-state index contributed by atoms with van der Waals surface area (Å²) in [4.78, 5) is 0. The van der Waals surface area contributed by atoms with Gasteiger partial charge in [-0.3, -0.25) is 5.32 Å². The highest BCUT2D eigenvalue weighted by molar-refractivity contribution is 5.85. The molecular weight excluding hydrogens is 202 g/mol. The summed E-state index contributed by atoms with van der Waals surface area (Å²) in [5, 5.41) is 3.25. The van der Waals surface area contributed by atoms with Crippen LogP contribution in [0.1, 0.15) is 11.8 Å². The van der Waals surface area contributed by atoms with E-state index in [1.807, 2.05) is 24.3 Å². The average Bonchev–Trinajstić information content (AvgIpc) is 2.71. The number of rotatable bonds is 2. The lowest BCUT2D eigenvalue weighted by Gasteiger charge is -2.10. The van der Waals surface area contributed by atoms with Gasteiger partial charge in [-0.2, -0.15) is 0 Å². The molecule has 1 aliphatic heterocycles. The summed E-state index contributed by atoms with van der Waals surface area (Å²) in [5.74, 6) is 0.877. The second-order valence-electron chi connectivity index (χ2n) is 2.98. The molecule has 0 radical (unpaired) electrons. The van der Waals surface area contributed by atoms with E-state index in [1.165, 1.54) is 0 Å². The van der Waals surface area contributed by atoms with Crippen molar-refractivity contribution in [2.45, 2.75) is 6.23 Å². The predicted octanol–water partition coefficient (Wildman–Crippen LogP) is 1.74. The molecule has 1 saturated heterocycles. The number of hydrogen-bond donors (Lipinski definition) is 1. The van der Waals surface area contributed by atoms with Crippen LogP contribution in [0.5, 0.6) is 5.75 Å². The van der Waals surface area contributed by atoms with Crippen molar-refractivity contribution in [3.8, 4) is 5.75 Å². The molecule has 1 fully saturated rings. The summed E-state index contributed by atoms with van der Waals surface area (Å²) < 4.78 is 10.5. The van der Waals surface area contributed by atoms with Gasteiger partial charge in [0.25, 0.3) is 0 Å². The monoisotopic (exact) mass is 215 g/mol. The molecule has 0 aromatic heterocycles. The van der Waals surface area contributed by atoms with Gasteiger partial charge >= 0.3 is 0 Å². The molecule has 0 saturated carbocycles. The first-order valence-electron chi connectivity index (χ1n) is 4.39. The first-order valence-corrected chi connectivity index (χ1v) is 4.39. The SMILES string of the molecule is COc1ccc(C2NCCO2)cc1.Cl. The third kappa shape index (κ3) is 2.38. The van der Waals surface area contributed by atoms with Gasteiger partial charge in [0.05, 0.1) is 13.7 Å². The third-order valence-electron chi connectivity index (χ3n) is 2.13. The summed E-state index contributed by atoms with van der Waals surface area (Å²) in [6.07, 6.45) is 0.0610. The van der Waals surface area contributed by atoms with Crippen LogP contribution < -0.4 is 10.1 Å². The molecule has 3 nitrogen and oxygen atoms in total. The molecule has 1 N–H and O–H groups in total. The predicted molar refractivity (Wildman–Crippen MR) is 56.9 cm³/mol. The molecule has 2 rings (SSSR count). The molecular formula is C10H14ClNO2. The lowest BCUT2D eigenvalue weighted by Crippen LogP contribution is -2.13. The summed E-state index contributed by atoms with van der Waals surface area (Å²) in [6.45, 7) is 1.72. The van der Waals surface area contributed by atoms with Crippen LogP contribution in [0, 0.1) is 0 Å². The smallest absolute Gasteiger partial charge is 0.134 e. The minimum atomic E-state index is 0. The van der Waals surface area contributed by atoms with Crippen LogP contribution in [0.2, 0.25) is 0 Å². The Morgan fingerprint density at radius 3 is 2.57 bits per heavy atom. The van der Waals surface area contributed by atoms with E-state index in [0.29, 0.717) is 0 Å². The standard InChI is InChI=1S/C10H13NO2.ClH/c1-12-9-4-2-8(3-5-9)10-11-6-7-13-10;/h2-5,10-11H,6-7H2,1H3;1H. The molecule has 1 aromatic rings. The maximum atomic E-state index is 5.46. The highest BCUT2D eigenvalue weighted by atomic mass is 35.5. The van der Waals surface area contributed by atoms with Crippen LogP contribution >= 0.6 is 12.4 Å². The molecule has 1 unspecified atom stereocenters. The maximum absolute atomic E-state index is 5.46. The number of nitrogens with one attached hydrogen (secondary N) is 1. The van der Waals surface area contributed by atoms with Gasteiger partial charge in [-0.1, -0.05) is 12.1 Å². The summed E-state index contributed by atoms with van der Waals surface area (Å²) >= 11 is 0. The zero-order valence-electron chi connectivity index (χ0n) is 8.03. The van der Waals surface area contributed by atoms with E-state index in [2.05, 4.69) is 5.32 Å². The normalized spacial score (nSPS) is 20.2. The largest absolute Gasteiger partial charge is 0.497 e. The Bertz CT molecular complexity index is 270. The fourth-order valence-electron chi connectivity index (χ4n) is 1.42. The van der Waals surface area contributed by atoms with Gasteiger partial charge in [0.15, 0.2) is 0 Å². The molecule has 0 spiro atoms. The molecule has 78 valence electrons. The Balaban J connectivity index is 0.000000980. The highest BCUT2D eigenvalue weighted by Crippen LogP contribution is 2.20. The van der Waals surface area contributed by atoms with Crippen molar-refractivity contribution in [2.24, 2.45) is 0 Å². The molecule has 0 bridgehead atoms. The van der Waals surface area contributed by atoms with Gasteiger partial charge in [-0.05, 0) is 17.7 Å². The fourth-order valence-corrected chi connectivity index (χ4v) is 1.42. The zero-order chi connectivity index (χ0) is 9.10. The van der Waals surface area contributed by atoms with Gasteiger partial charge in [0.1, 0.15) is 12.0 Å². The molecule has 1 atom stereocenters. The summed E-state index contributed by atoms with van der Waals surface area (Å²) in [7, 11) is 1.67. The Labute approximate surface area is 89.8 Å². The van der Waals surface area contributed by atoms with Crippen molar-refractivity contribution in [1.29, 1.82) is 0 Å². The van der Waals surface area contributed by atoms with Gasteiger partial charge in [-0.15, -0.1) is 12.4 Å². The first kappa shape index (κ1) is 11.3. The van der Waals surface area contributed by atoms with Crippen molar-refractivity contribution in [1.82, 2.24) is 5.32 Å². The van der Waals surface area contributed by atoms with Gasteiger partial charge < -0.3 is 9.47 Å². The van der Waals surface area contributed by atoms with E-state index in [-0.39, 0.29) is 18.6 Å². The Kier molecular flexibility index (Phi) is 4.20. The molecule has 1 aliphatic rings. The van der Waals surface area contributed by atoms with Crippen LogP contribution in [-0.2, 0) is 4.74 Å². The van der Waals surface area contributed by atoms with Crippen molar-refractivity contribution in [2.75, 3.05) is 20.3 Å². The number of methoxy groups -OCH3 is 1. The zero-order valence-corrected chi connectivity index (χ0v) is 8.84. The van der Waals surface area contributed by atoms with Crippen LogP contribution in [0.25, 0.3) is 0 Å². The molecule has 1 heterocycles. The minimum absolute atomic E-state index is 0. The Morgan fingerprint density at radius 1 is 1.36 bits per heavy atom. The van der Waals surface area contributed by atoms with Crippen molar-refractivity contribution >= 4 is 12.4 Å². The van der Waals surface area contributed by atoms with E-state index in [4.69, 9.17) is 9.47 Å². The van der Waals surface area contributed by atoms with Gasteiger partial charge in [0.2, 0.25) is 0 Å². The van der Waals surface area contributed by atoms with Crippen molar-refractivity contribution in [3.63, 3.8) is 0 Å². The van der Waals surface area contributed by atoms with E-state index in [9.17, 15) is 0 Å². The second kappa shape index (κ2) is 5.20. The van der Waals surface area contributed by atoms with E-state index in [1.54, 1.807) is 7.11 Å². The Hall–Kier alpha value is -0.770. The van der Waals surface area contributed by atoms with Crippen molar-refractivity contribution in [3.05, 3.63) is 29.8 Å². The van der Waals surface area contributed by atoms with E-state index in [0.717, 1.165) is 24.5 Å². The third-order valence-corrected chi connectivity index (χ3v) is 2.13. The summed E-state index contributed by atoms with van der Waals surface area (Å²) in [5.41, 5.74) is 1.15. The molecule has 4 heteroatoms. The second-order valence-corrected chi connectivity index (χ2v) is 2.98. The maximum Gasteiger partial charge on any atom is 0.134 e.